The molecule has 0 N–H and O–H groups in total. The van der Waals surface area contributed by atoms with Gasteiger partial charge in [-0.2, -0.15) is 0 Å². The van der Waals surface area contributed by atoms with Gasteiger partial charge in [-0.15, -0.1) is 0 Å². The molecule has 0 aliphatic heterocycles. The number of hydrogen-bond donors (Lipinski definition) is 0. The highest BCUT2D eigenvalue weighted by atomic mass is 32.2. The summed E-state index contributed by atoms with van der Waals surface area (Å²) in [5, 5.41) is -0.127. The second-order valence-electron chi connectivity index (χ2n) is 2.14. The molecule has 0 radical (unpaired) electrons. The monoisotopic (exact) mass is 195 g/mol. The van der Waals surface area contributed by atoms with E-state index in [0.29, 0.717) is 0 Å². The van der Waals surface area contributed by atoms with Gasteiger partial charge in [-0.3, -0.25) is 4.21 Å². The average molecular weight is 195 g/mol. The summed E-state index contributed by atoms with van der Waals surface area (Å²) in [7, 11) is 0. The topological polar surface area (TPSA) is 91.7 Å². The van der Waals surface area contributed by atoms with Gasteiger partial charge in [-0.1, -0.05) is 0 Å². The smallest absolute Gasteiger partial charge is 0.182 e. The van der Waals surface area contributed by atoms with Crippen molar-refractivity contribution in [2.24, 2.45) is 0 Å². The lowest BCUT2D eigenvalue weighted by molar-refractivity contribution is 0.534. The number of rotatable bonds is 1. The molecule has 2 aromatic rings. The van der Waals surface area contributed by atoms with Crippen molar-refractivity contribution in [1.29, 1.82) is 0 Å². The Morgan fingerprint density at radius 2 is 1.92 bits per heavy atom. The van der Waals surface area contributed by atoms with Gasteiger partial charge in [0.25, 0.3) is 0 Å². The lowest BCUT2D eigenvalue weighted by Gasteiger charge is -2.04. The fraction of sp³-hybridized carbons (Fsp3) is 0. The lowest BCUT2D eigenvalue weighted by Crippen LogP contribution is -1.98. The maximum Gasteiger partial charge on any atom is 0.182 e. The molecule has 0 aliphatic carbocycles. The molecule has 0 fully saturated rings. The molecule has 66 valence electrons. The molecule has 13 heavy (non-hydrogen) atoms. The first-order valence-corrected chi connectivity index (χ1v) is 4.37. The molecule has 1 unspecified atom stereocenters. The van der Waals surface area contributed by atoms with E-state index < -0.39 is 11.1 Å². The Hall–Kier alpha value is -1.47. The van der Waals surface area contributed by atoms with Crippen LogP contribution in [0.1, 0.15) is 0 Å². The van der Waals surface area contributed by atoms with Crippen LogP contribution in [0.4, 0.5) is 0 Å². The number of aromatic nitrogens is 4. The van der Waals surface area contributed by atoms with Crippen molar-refractivity contribution >= 4 is 22.2 Å². The largest absolute Gasteiger partial charge is 0.767 e. The van der Waals surface area contributed by atoms with Crippen LogP contribution in [0.15, 0.2) is 23.7 Å². The zero-order valence-corrected chi connectivity index (χ0v) is 7.06. The molecular weight excluding hydrogens is 192 g/mol. The van der Waals surface area contributed by atoms with Crippen molar-refractivity contribution in [3.63, 3.8) is 0 Å². The van der Waals surface area contributed by atoms with E-state index in [1.807, 2.05) is 0 Å². The predicted octanol–water partition coefficient (Wildman–Crippen LogP) is -0.342. The van der Waals surface area contributed by atoms with Gasteiger partial charge in [-0.05, 0) is 11.1 Å². The van der Waals surface area contributed by atoms with Gasteiger partial charge in [0.1, 0.15) is 16.9 Å². The normalized spacial score (nSPS) is 13.0. The lowest BCUT2D eigenvalue weighted by atomic mass is 10.5. The van der Waals surface area contributed by atoms with Crippen LogP contribution >= 0.6 is 0 Å². The highest BCUT2D eigenvalue weighted by molar-refractivity contribution is 7.79. The average Bonchev–Trinajstić information content (AvgIpc) is 2.17. The number of nitrogens with zero attached hydrogens (tertiary/aromatic N) is 4. The SMILES string of the molecule is O=S([O-])c1ncnc2nccnc12. The number of fused-ring (bicyclic) bond motifs is 1. The van der Waals surface area contributed by atoms with Gasteiger partial charge >= 0.3 is 0 Å². The molecule has 0 saturated heterocycles. The summed E-state index contributed by atoms with van der Waals surface area (Å²) in [4.78, 5) is 15.0. The molecule has 0 amide bonds. The minimum Gasteiger partial charge on any atom is -0.767 e. The van der Waals surface area contributed by atoms with Crippen molar-refractivity contribution < 1.29 is 8.76 Å². The van der Waals surface area contributed by atoms with Crippen molar-refractivity contribution in [2.75, 3.05) is 0 Å². The van der Waals surface area contributed by atoms with Gasteiger partial charge in [0, 0.05) is 12.4 Å². The van der Waals surface area contributed by atoms with Crippen molar-refractivity contribution in [1.82, 2.24) is 19.9 Å². The molecule has 0 saturated carbocycles. The second kappa shape index (κ2) is 3.11. The Kier molecular flexibility index (Phi) is 1.95. The van der Waals surface area contributed by atoms with E-state index in [9.17, 15) is 8.76 Å². The summed E-state index contributed by atoms with van der Waals surface area (Å²) >= 11 is -2.41. The summed E-state index contributed by atoms with van der Waals surface area (Å²) < 4.78 is 21.3. The van der Waals surface area contributed by atoms with Crippen molar-refractivity contribution in [3.05, 3.63) is 18.7 Å². The van der Waals surface area contributed by atoms with Crippen LogP contribution in [0.3, 0.4) is 0 Å². The maximum absolute atomic E-state index is 10.7. The Bertz CT molecular complexity index is 470. The van der Waals surface area contributed by atoms with Crippen LogP contribution in [0, 0.1) is 0 Å². The van der Waals surface area contributed by atoms with Gasteiger partial charge in [0.2, 0.25) is 0 Å². The third-order valence-electron chi connectivity index (χ3n) is 1.39. The maximum atomic E-state index is 10.7. The molecule has 0 aliphatic rings. The zero-order valence-electron chi connectivity index (χ0n) is 6.25. The van der Waals surface area contributed by atoms with Crippen LogP contribution in [-0.2, 0) is 11.1 Å². The first-order chi connectivity index (χ1) is 6.29. The molecule has 1 atom stereocenters. The summed E-state index contributed by atoms with van der Waals surface area (Å²) in [6, 6.07) is 0. The van der Waals surface area contributed by atoms with Crippen LogP contribution in [0.2, 0.25) is 0 Å². The van der Waals surface area contributed by atoms with Crippen LogP contribution in [-0.4, -0.2) is 28.7 Å². The van der Waals surface area contributed by atoms with Gasteiger partial charge in [0.15, 0.2) is 5.65 Å². The number of hydrogen-bond acceptors (Lipinski definition) is 6. The molecule has 2 heterocycles. The van der Waals surface area contributed by atoms with Crippen LogP contribution in [0.25, 0.3) is 11.2 Å². The van der Waals surface area contributed by atoms with E-state index in [-0.39, 0.29) is 16.2 Å². The highest BCUT2D eigenvalue weighted by Gasteiger charge is 2.04. The third-order valence-corrected chi connectivity index (χ3v) is 2.01. The van der Waals surface area contributed by atoms with Crippen molar-refractivity contribution in [2.45, 2.75) is 5.03 Å². The molecule has 0 aromatic carbocycles. The minimum absolute atomic E-state index is 0.127. The first kappa shape index (κ1) is 8.14. The third kappa shape index (κ3) is 1.38. The Morgan fingerprint density at radius 1 is 1.15 bits per heavy atom. The van der Waals surface area contributed by atoms with E-state index >= 15 is 0 Å². The summed E-state index contributed by atoms with van der Waals surface area (Å²) in [5.41, 5.74) is 0.468. The summed E-state index contributed by atoms with van der Waals surface area (Å²) in [6.07, 6.45) is 3.97. The van der Waals surface area contributed by atoms with E-state index in [0.717, 1.165) is 6.33 Å². The van der Waals surface area contributed by atoms with E-state index in [1.54, 1.807) is 0 Å². The van der Waals surface area contributed by atoms with E-state index in [1.165, 1.54) is 12.4 Å². The Labute approximate surface area is 75.4 Å². The molecule has 2 aromatic heterocycles. The Balaban J connectivity index is 2.83. The van der Waals surface area contributed by atoms with Crippen LogP contribution < -0.4 is 0 Å². The van der Waals surface area contributed by atoms with Crippen LogP contribution in [0.5, 0.6) is 0 Å². The quantitative estimate of drug-likeness (QED) is 0.456. The van der Waals surface area contributed by atoms with Gasteiger partial charge in [-0.25, -0.2) is 19.9 Å². The van der Waals surface area contributed by atoms with Crippen molar-refractivity contribution in [3.8, 4) is 0 Å². The van der Waals surface area contributed by atoms with Gasteiger partial charge in [0.05, 0.1) is 0 Å². The molecule has 7 heteroatoms. The zero-order chi connectivity index (χ0) is 9.26. The Morgan fingerprint density at radius 3 is 2.69 bits per heavy atom. The van der Waals surface area contributed by atoms with E-state index in [4.69, 9.17) is 0 Å². The fourth-order valence-electron chi connectivity index (χ4n) is 0.895. The molecule has 0 bridgehead atoms. The fourth-order valence-corrected chi connectivity index (χ4v) is 1.33. The van der Waals surface area contributed by atoms with Gasteiger partial charge < -0.3 is 4.55 Å². The first-order valence-electron chi connectivity index (χ1n) is 3.30. The highest BCUT2D eigenvalue weighted by Crippen LogP contribution is 2.10. The van der Waals surface area contributed by atoms with E-state index in [2.05, 4.69) is 19.9 Å². The standard InChI is InChI=1S/C6H4N4O2S/c11-13(12)6-4-5(9-3-10-6)8-2-1-7-4/h1-3H,(H,11,12)/p-1. The predicted molar refractivity (Wildman–Crippen MR) is 42.3 cm³/mol. The second-order valence-corrected chi connectivity index (χ2v) is 3.00. The summed E-state index contributed by atoms with van der Waals surface area (Å²) in [5.74, 6) is 0. The molecule has 6 nitrogen and oxygen atoms in total. The summed E-state index contributed by atoms with van der Waals surface area (Å²) in [6.45, 7) is 0. The molecular formula is C6H3N4O2S-. The molecule has 2 rings (SSSR count). The minimum atomic E-state index is -2.41. The molecule has 0 spiro atoms.